The molecular formula is C18H19NO. The van der Waals surface area contributed by atoms with Gasteiger partial charge in [0.15, 0.2) is 5.78 Å². The fourth-order valence-electron chi connectivity index (χ4n) is 2.91. The molecule has 0 fully saturated rings. The fraction of sp³-hybridized carbons (Fsp3) is 0.278. The van der Waals surface area contributed by atoms with E-state index >= 15 is 0 Å². The van der Waals surface area contributed by atoms with E-state index in [1.165, 1.54) is 5.56 Å². The Balaban J connectivity index is 1.68. The second-order valence-electron chi connectivity index (χ2n) is 5.53. The van der Waals surface area contributed by atoms with Gasteiger partial charge in [-0.25, -0.2) is 0 Å². The second-order valence-corrected chi connectivity index (χ2v) is 5.53. The van der Waals surface area contributed by atoms with Crippen molar-refractivity contribution in [3.63, 3.8) is 0 Å². The molecule has 2 heteroatoms. The van der Waals surface area contributed by atoms with Crippen molar-refractivity contribution in [3.05, 3.63) is 72.0 Å². The molecule has 3 rings (SSSR count). The van der Waals surface area contributed by atoms with Crippen molar-refractivity contribution in [1.29, 1.82) is 0 Å². The summed E-state index contributed by atoms with van der Waals surface area (Å²) >= 11 is 0. The van der Waals surface area contributed by atoms with Gasteiger partial charge in [-0.2, -0.15) is 0 Å². The molecule has 1 N–H and O–H groups in total. The second kappa shape index (κ2) is 5.49. The average Bonchev–Trinajstić information content (AvgIpc) is 2.92. The normalized spacial score (nSPS) is 24.8. The van der Waals surface area contributed by atoms with E-state index in [4.69, 9.17) is 0 Å². The number of rotatable bonds is 4. The lowest BCUT2D eigenvalue weighted by molar-refractivity contribution is -0.116. The number of nitrogens with one attached hydrogen (secondary N) is 1. The minimum atomic E-state index is 0.204. The molecule has 0 aromatic heterocycles. The van der Waals surface area contributed by atoms with Gasteiger partial charge in [0.2, 0.25) is 0 Å². The van der Waals surface area contributed by atoms with E-state index < -0.39 is 0 Å². The van der Waals surface area contributed by atoms with E-state index in [0.29, 0.717) is 6.42 Å². The van der Waals surface area contributed by atoms with Crippen molar-refractivity contribution in [3.8, 4) is 0 Å². The molecule has 1 aliphatic carbocycles. The lowest BCUT2D eigenvalue weighted by atomic mass is 9.85. The number of hydrogen-bond donors (Lipinski definition) is 1. The van der Waals surface area contributed by atoms with Gasteiger partial charge < -0.3 is 5.32 Å². The maximum atomic E-state index is 12.5. The number of benzene rings is 1. The molecule has 3 atom stereocenters. The van der Waals surface area contributed by atoms with Crippen molar-refractivity contribution in [2.24, 2.45) is 5.92 Å². The monoisotopic (exact) mass is 265 g/mol. The third-order valence-corrected chi connectivity index (χ3v) is 4.11. The van der Waals surface area contributed by atoms with Crippen molar-refractivity contribution in [2.45, 2.75) is 25.3 Å². The van der Waals surface area contributed by atoms with Crippen LogP contribution >= 0.6 is 0 Å². The smallest absolute Gasteiger partial charge is 0.161 e. The van der Waals surface area contributed by atoms with Crippen molar-refractivity contribution >= 4 is 5.78 Å². The summed E-state index contributed by atoms with van der Waals surface area (Å²) in [6.45, 7) is 2.12. The van der Waals surface area contributed by atoms with Gasteiger partial charge in [-0.1, -0.05) is 61.6 Å². The molecule has 0 radical (unpaired) electrons. The molecule has 3 unspecified atom stereocenters. The van der Waals surface area contributed by atoms with E-state index in [2.05, 4.69) is 36.5 Å². The van der Waals surface area contributed by atoms with Crippen LogP contribution in [0.3, 0.4) is 0 Å². The Bertz CT molecular complexity index is 583. The van der Waals surface area contributed by atoms with E-state index in [9.17, 15) is 4.79 Å². The number of fused-ring (bicyclic) bond motifs is 1. The molecule has 2 nitrogen and oxygen atoms in total. The maximum Gasteiger partial charge on any atom is 0.161 e. The van der Waals surface area contributed by atoms with Crippen LogP contribution in [0.25, 0.3) is 0 Å². The molecule has 0 spiro atoms. The Morgan fingerprint density at radius 3 is 2.75 bits per heavy atom. The van der Waals surface area contributed by atoms with Crippen LogP contribution in [-0.4, -0.2) is 11.8 Å². The van der Waals surface area contributed by atoms with Crippen LogP contribution in [0.1, 0.15) is 24.8 Å². The average molecular weight is 265 g/mol. The molecule has 2 aliphatic rings. The number of allylic oxidation sites excluding steroid dienone is 2. The largest absolute Gasteiger partial charge is 0.383 e. The number of hydrogen-bond acceptors (Lipinski definition) is 2. The zero-order valence-electron chi connectivity index (χ0n) is 11.6. The molecule has 1 aliphatic heterocycles. The summed E-state index contributed by atoms with van der Waals surface area (Å²) in [6.07, 6.45) is 10.7. The van der Waals surface area contributed by atoms with Crippen LogP contribution in [0.4, 0.5) is 0 Å². The molecule has 0 amide bonds. The standard InChI is InChI=1S/C18H19NO/c1-13(14-7-3-2-4-8-14)11-18(20)16-12-19-17-10-6-5-9-15(16)17/h2-10,12-13,15,17,19H,11H2,1H3. The Labute approximate surface area is 119 Å². The van der Waals surface area contributed by atoms with Gasteiger partial charge in [0.25, 0.3) is 0 Å². The van der Waals surface area contributed by atoms with E-state index in [-0.39, 0.29) is 23.7 Å². The summed E-state index contributed by atoms with van der Waals surface area (Å²) in [6, 6.07) is 10.5. The minimum absolute atomic E-state index is 0.204. The van der Waals surface area contributed by atoms with Crippen molar-refractivity contribution in [1.82, 2.24) is 5.32 Å². The van der Waals surface area contributed by atoms with Crippen LogP contribution in [0.2, 0.25) is 0 Å². The Morgan fingerprint density at radius 1 is 1.20 bits per heavy atom. The summed E-state index contributed by atoms with van der Waals surface area (Å²) in [5.74, 6) is 0.712. The number of ketones is 1. The van der Waals surface area contributed by atoms with Gasteiger partial charge >= 0.3 is 0 Å². The van der Waals surface area contributed by atoms with E-state index in [1.54, 1.807) is 0 Å². The number of Topliss-reactive ketones (excluding diaryl/α,β-unsaturated/α-hetero) is 1. The predicted octanol–water partition coefficient (Wildman–Crippen LogP) is 3.35. The molecule has 0 saturated carbocycles. The molecule has 0 saturated heterocycles. The molecule has 1 aromatic carbocycles. The van der Waals surface area contributed by atoms with Crippen LogP contribution < -0.4 is 5.32 Å². The van der Waals surface area contributed by atoms with Gasteiger partial charge in [0.1, 0.15) is 0 Å². The molecule has 1 aromatic rings. The van der Waals surface area contributed by atoms with Gasteiger partial charge in [-0.3, -0.25) is 4.79 Å². The Hall–Kier alpha value is -2.09. The van der Waals surface area contributed by atoms with Crippen LogP contribution in [-0.2, 0) is 4.79 Å². The highest BCUT2D eigenvalue weighted by Crippen LogP contribution is 2.30. The highest BCUT2D eigenvalue weighted by atomic mass is 16.1. The summed E-state index contributed by atoms with van der Waals surface area (Å²) < 4.78 is 0. The first kappa shape index (κ1) is 12.9. The molecular weight excluding hydrogens is 246 g/mol. The van der Waals surface area contributed by atoms with E-state index in [0.717, 1.165) is 5.57 Å². The maximum absolute atomic E-state index is 12.5. The topological polar surface area (TPSA) is 29.1 Å². The third kappa shape index (κ3) is 2.46. The van der Waals surface area contributed by atoms with Crippen molar-refractivity contribution < 1.29 is 4.79 Å². The van der Waals surface area contributed by atoms with Crippen LogP contribution in [0.15, 0.2) is 66.4 Å². The first-order chi connectivity index (χ1) is 9.75. The Kier molecular flexibility index (Phi) is 3.55. The molecule has 102 valence electrons. The number of carbonyl (C=O) groups is 1. The highest BCUT2D eigenvalue weighted by molar-refractivity contribution is 5.97. The summed E-state index contributed by atoms with van der Waals surface area (Å²) in [7, 11) is 0. The lowest BCUT2D eigenvalue weighted by Gasteiger charge is -2.19. The van der Waals surface area contributed by atoms with Crippen LogP contribution in [0, 0.1) is 5.92 Å². The zero-order chi connectivity index (χ0) is 13.9. The van der Waals surface area contributed by atoms with Gasteiger partial charge in [0, 0.05) is 24.1 Å². The first-order valence-corrected chi connectivity index (χ1v) is 7.15. The SMILES string of the molecule is CC(CC(=O)C1=CNC2C=CC=CC12)c1ccccc1. The third-order valence-electron chi connectivity index (χ3n) is 4.11. The summed E-state index contributed by atoms with van der Waals surface area (Å²) in [5.41, 5.74) is 2.14. The molecule has 1 heterocycles. The Morgan fingerprint density at radius 2 is 1.95 bits per heavy atom. The van der Waals surface area contributed by atoms with Crippen LogP contribution in [0.5, 0.6) is 0 Å². The fourth-order valence-corrected chi connectivity index (χ4v) is 2.91. The van der Waals surface area contributed by atoms with Gasteiger partial charge in [-0.15, -0.1) is 0 Å². The lowest BCUT2D eigenvalue weighted by Crippen LogP contribution is -2.26. The molecule has 0 bridgehead atoms. The molecule has 20 heavy (non-hydrogen) atoms. The zero-order valence-corrected chi connectivity index (χ0v) is 11.6. The van der Waals surface area contributed by atoms with Gasteiger partial charge in [0.05, 0.1) is 6.04 Å². The van der Waals surface area contributed by atoms with E-state index in [1.807, 2.05) is 36.6 Å². The first-order valence-electron chi connectivity index (χ1n) is 7.15. The minimum Gasteiger partial charge on any atom is -0.383 e. The van der Waals surface area contributed by atoms with Gasteiger partial charge in [-0.05, 0) is 11.5 Å². The predicted molar refractivity (Wildman–Crippen MR) is 81.3 cm³/mol. The number of carbonyl (C=O) groups excluding carboxylic acids is 1. The summed E-state index contributed by atoms with van der Waals surface area (Å²) in [4.78, 5) is 12.5. The highest BCUT2D eigenvalue weighted by Gasteiger charge is 2.31. The summed E-state index contributed by atoms with van der Waals surface area (Å²) in [5, 5.41) is 3.28. The quantitative estimate of drug-likeness (QED) is 0.904. The van der Waals surface area contributed by atoms with Crippen molar-refractivity contribution in [2.75, 3.05) is 0 Å².